The zero-order chi connectivity index (χ0) is 18.8. The third-order valence-electron chi connectivity index (χ3n) is 4.91. The van der Waals surface area contributed by atoms with E-state index in [2.05, 4.69) is 25.2 Å². The Kier molecular flexibility index (Phi) is 4.66. The van der Waals surface area contributed by atoms with Crippen LogP contribution in [-0.2, 0) is 4.79 Å². The van der Waals surface area contributed by atoms with Gasteiger partial charge in [-0.05, 0) is 49.6 Å². The molecule has 1 aromatic carbocycles. The van der Waals surface area contributed by atoms with Crippen LogP contribution in [0.3, 0.4) is 0 Å². The molecule has 1 aliphatic heterocycles. The molecule has 0 aliphatic carbocycles. The fourth-order valence-corrected chi connectivity index (χ4v) is 3.45. The van der Waals surface area contributed by atoms with Crippen LogP contribution in [0.25, 0.3) is 11.2 Å². The molecule has 1 saturated heterocycles. The number of rotatable bonds is 3. The predicted molar refractivity (Wildman–Crippen MR) is 102 cm³/mol. The van der Waals surface area contributed by atoms with E-state index in [0.717, 1.165) is 30.6 Å². The van der Waals surface area contributed by atoms with Gasteiger partial charge in [-0.2, -0.15) is 0 Å². The number of carbonyl (C=O) groups excluding carboxylic acids is 1. The van der Waals surface area contributed by atoms with Crippen LogP contribution in [0.5, 0.6) is 0 Å². The molecule has 1 atom stereocenters. The van der Waals surface area contributed by atoms with Crippen molar-refractivity contribution in [3.8, 4) is 0 Å². The molecule has 2 aromatic heterocycles. The van der Waals surface area contributed by atoms with Crippen LogP contribution in [-0.4, -0.2) is 33.9 Å². The van der Waals surface area contributed by atoms with E-state index >= 15 is 0 Å². The largest absolute Gasteiger partial charge is 0.369 e. The molecule has 1 N–H and O–H groups in total. The van der Waals surface area contributed by atoms with Crippen LogP contribution >= 0.6 is 0 Å². The van der Waals surface area contributed by atoms with Crippen molar-refractivity contribution in [2.24, 2.45) is 5.92 Å². The van der Waals surface area contributed by atoms with Crippen molar-refractivity contribution in [3.05, 3.63) is 54.2 Å². The Hall–Kier alpha value is -3.09. The number of benzene rings is 1. The summed E-state index contributed by atoms with van der Waals surface area (Å²) in [7, 11) is 0. The van der Waals surface area contributed by atoms with Crippen molar-refractivity contribution < 1.29 is 9.18 Å². The number of halogens is 1. The first-order valence-electron chi connectivity index (χ1n) is 8.99. The summed E-state index contributed by atoms with van der Waals surface area (Å²) in [6.45, 7) is 3.26. The number of hydrogen-bond acceptors (Lipinski definition) is 5. The van der Waals surface area contributed by atoms with Crippen LogP contribution in [0.15, 0.2) is 42.9 Å². The molecule has 0 spiro atoms. The first kappa shape index (κ1) is 17.3. The van der Waals surface area contributed by atoms with Gasteiger partial charge in [-0.25, -0.2) is 14.4 Å². The second-order valence-electron chi connectivity index (χ2n) is 6.83. The zero-order valence-corrected chi connectivity index (χ0v) is 15.0. The minimum Gasteiger partial charge on any atom is -0.369 e. The molecule has 4 rings (SSSR count). The van der Waals surface area contributed by atoms with Crippen LogP contribution in [0.1, 0.15) is 18.4 Å². The summed E-state index contributed by atoms with van der Waals surface area (Å²) in [5.41, 5.74) is 3.66. The number of piperidine rings is 1. The molecule has 6 nitrogen and oxygen atoms in total. The van der Waals surface area contributed by atoms with Crippen LogP contribution in [0.2, 0.25) is 0 Å². The Morgan fingerprint density at radius 3 is 2.93 bits per heavy atom. The average Bonchev–Trinajstić information content (AvgIpc) is 2.70. The van der Waals surface area contributed by atoms with Crippen molar-refractivity contribution in [2.45, 2.75) is 19.8 Å². The van der Waals surface area contributed by atoms with Crippen molar-refractivity contribution in [2.75, 3.05) is 23.3 Å². The van der Waals surface area contributed by atoms with Crippen molar-refractivity contribution in [1.82, 2.24) is 15.0 Å². The molecule has 3 heterocycles. The number of anilines is 2. The summed E-state index contributed by atoms with van der Waals surface area (Å²) in [5, 5.41) is 2.94. The second-order valence-corrected chi connectivity index (χ2v) is 6.83. The maximum atomic E-state index is 13.3. The Labute approximate surface area is 156 Å². The molecule has 138 valence electrons. The molecular formula is C20H20FN5O. The summed E-state index contributed by atoms with van der Waals surface area (Å²) in [5.74, 6) is -0.482. The van der Waals surface area contributed by atoms with Crippen molar-refractivity contribution >= 4 is 28.4 Å². The maximum absolute atomic E-state index is 13.3. The highest BCUT2D eigenvalue weighted by Crippen LogP contribution is 2.26. The molecule has 1 amide bonds. The third-order valence-corrected chi connectivity index (χ3v) is 4.91. The SMILES string of the molecule is Cc1cc(F)ccc1NC(=O)C1CCCN(c2cnc3nccnc3c2)C1. The molecule has 0 saturated carbocycles. The fraction of sp³-hybridized carbons (Fsp3) is 0.300. The monoisotopic (exact) mass is 365 g/mol. The van der Waals surface area contributed by atoms with E-state index in [1.165, 1.54) is 12.1 Å². The molecule has 7 heteroatoms. The molecule has 1 unspecified atom stereocenters. The summed E-state index contributed by atoms with van der Waals surface area (Å²) in [6.07, 6.45) is 6.78. The van der Waals surface area contributed by atoms with E-state index in [0.29, 0.717) is 23.4 Å². The molecule has 27 heavy (non-hydrogen) atoms. The van der Waals surface area contributed by atoms with Gasteiger partial charge >= 0.3 is 0 Å². The average molecular weight is 365 g/mol. The van der Waals surface area contributed by atoms with E-state index in [-0.39, 0.29) is 17.6 Å². The van der Waals surface area contributed by atoms with Crippen molar-refractivity contribution in [1.29, 1.82) is 0 Å². The quantitative estimate of drug-likeness (QED) is 0.771. The van der Waals surface area contributed by atoms with Gasteiger partial charge in [-0.1, -0.05) is 0 Å². The van der Waals surface area contributed by atoms with Gasteiger partial charge in [-0.15, -0.1) is 0 Å². The van der Waals surface area contributed by atoms with E-state index in [1.54, 1.807) is 31.6 Å². The smallest absolute Gasteiger partial charge is 0.229 e. The summed E-state index contributed by atoms with van der Waals surface area (Å²) in [4.78, 5) is 27.7. The number of pyridine rings is 1. The van der Waals surface area contributed by atoms with Gasteiger partial charge in [0.25, 0.3) is 0 Å². The highest BCUT2D eigenvalue weighted by atomic mass is 19.1. The van der Waals surface area contributed by atoms with Crippen molar-refractivity contribution in [3.63, 3.8) is 0 Å². The van der Waals surface area contributed by atoms with Gasteiger partial charge in [0.05, 0.1) is 17.8 Å². The van der Waals surface area contributed by atoms with Crippen LogP contribution in [0, 0.1) is 18.7 Å². The molecule has 3 aromatic rings. The number of aromatic nitrogens is 3. The summed E-state index contributed by atoms with van der Waals surface area (Å²) >= 11 is 0. The highest BCUT2D eigenvalue weighted by Gasteiger charge is 2.26. The lowest BCUT2D eigenvalue weighted by Crippen LogP contribution is -2.40. The molecule has 1 fully saturated rings. The van der Waals surface area contributed by atoms with Gasteiger partial charge in [0, 0.05) is 31.2 Å². The van der Waals surface area contributed by atoms with Crippen LogP contribution in [0.4, 0.5) is 15.8 Å². The van der Waals surface area contributed by atoms with Crippen LogP contribution < -0.4 is 10.2 Å². The minimum atomic E-state index is -0.304. The number of nitrogens with one attached hydrogen (secondary N) is 1. The summed E-state index contributed by atoms with van der Waals surface area (Å²) in [6, 6.07) is 6.34. The predicted octanol–water partition coefficient (Wildman–Crippen LogP) is 3.33. The van der Waals surface area contributed by atoms with E-state index < -0.39 is 0 Å². The number of aryl methyl sites for hydroxylation is 1. The number of nitrogens with zero attached hydrogens (tertiary/aromatic N) is 4. The van der Waals surface area contributed by atoms with Gasteiger partial charge < -0.3 is 10.2 Å². The minimum absolute atomic E-state index is 0.0389. The number of fused-ring (bicyclic) bond motifs is 1. The lowest BCUT2D eigenvalue weighted by molar-refractivity contribution is -0.120. The van der Waals surface area contributed by atoms with E-state index in [4.69, 9.17) is 0 Å². The summed E-state index contributed by atoms with van der Waals surface area (Å²) < 4.78 is 13.3. The zero-order valence-electron chi connectivity index (χ0n) is 15.0. The molecular weight excluding hydrogens is 345 g/mol. The van der Waals surface area contributed by atoms with E-state index in [1.807, 2.05) is 6.07 Å². The Morgan fingerprint density at radius 1 is 1.22 bits per heavy atom. The van der Waals surface area contributed by atoms with Gasteiger partial charge in [0.1, 0.15) is 11.3 Å². The lowest BCUT2D eigenvalue weighted by atomic mass is 9.96. The molecule has 1 aliphatic rings. The Bertz CT molecular complexity index is 993. The Balaban J connectivity index is 1.49. The first-order chi connectivity index (χ1) is 13.1. The molecule has 0 bridgehead atoms. The number of amides is 1. The maximum Gasteiger partial charge on any atom is 0.229 e. The van der Waals surface area contributed by atoms with Gasteiger partial charge in [0.2, 0.25) is 5.91 Å². The first-order valence-corrected chi connectivity index (χ1v) is 8.99. The molecule has 0 radical (unpaired) electrons. The third kappa shape index (κ3) is 3.72. The normalized spacial score (nSPS) is 17.1. The van der Waals surface area contributed by atoms with E-state index in [9.17, 15) is 9.18 Å². The number of hydrogen-bond donors (Lipinski definition) is 1. The second kappa shape index (κ2) is 7.26. The topological polar surface area (TPSA) is 71.0 Å². The fourth-order valence-electron chi connectivity index (χ4n) is 3.45. The number of carbonyl (C=O) groups is 1. The van der Waals surface area contributed by atoms with Gasteiger partial charge in [-0.3, -0.25) is 9.78 Å². The van der Waals surface area contributed by atoms with Gasteiger partial charge in [0.15, 0.2) is 5.65 Å². The lowest BCUT2D eigenvalue weighted by Gasteiger charge is -2.33. The highest BCUT2D eigenvalue weighted by molar-refractivity contribution is 5.93. The Morgan fingerprint density at radius 2 is 2.07 bits per heavy atom. The standard InChI is InChI=1S/C20H20FN5O/c1-13-9-15(21)4-5-17(13)25-20(27)14-3-2-8-26(12-14)16-10-18-19(24-11-16)23-7-6-22-18/h4-7,9-11,14H,2-3,8,12H2,1H3,(H,25,27).